The maximum atomic E-state index is 12.2. The Morgan fingerprint density at radius 2 is 1.96 bits per heavy atom. The molecule has 1 aliphatic heterocycles. The monoisotopic (exact) mass is 410 g/mol. The van der Waals surface area contributed by atoms with E-state index in [2.05, 4.69) is 31.0 Å². The molecule has 1 heterocycles. The summed E-state index contributed by atoms with van der Waals surface area (Å²) >= 11 is 6.37. The molecule has 0 aliphatic carbocycles. The summed E-state index contributed by atoms with van der Waals surface area (Å²) in [5.41, 5.74) is 0.843. The molecule has 0 unspecified atom stereocenters. The van der Waals surface area contributed by atoms with Crippen LogP contribution >= 0.6 is 11.6 Å². The van der Waals surface area contributed by atoms with Crippen LogP contribution in [0.4, 0.5) is 0 Å². The molecular formula is C22H35ClN2O3. The van der Waals surface area contributed by atoms with E-state index < -0.39 is 0 Å². The van der Waals surface area contributed by atoms with Crippen molar-refractivity contribution in [2.75, 3.05) is 32.8 Å². The number of rotatable bonds is 8. The van der Waals surface area contributed by atoms with Gasteiger partial charge in [-0.2, -0.15) is 0 Å². The van der Waals surface area contributed by atoms with Crippen LogP contribution in [-0.4, -0.2) is 55.8 Å². The van der Waals surface area contributed by atoms with Crippen molar-refractivity contribution < 1.29 is 14.3 Å². The van der Waals surface area contributed by atoms with E-state index >= 15 is 0 Å². The van der Waals surface area contributed by atoms with Crippen molar-refractivity contribution >= 4 is 17.5 Å². The van der Waals surface area contributed by atoms with Gasteiger partial charge in [0.15, 0.2) is 0 Å². The summed E-state index contributed by atoms with van der Waals surface area (Å²) in [6.45, 7) is 14.9. The van der Waals surface area contributed by atoms with Gasteiger partial charge < -0.3 is 19.7 Å². The lowest BCUT2D eigenvalue weighted by Gasteiger charge is -2.36. The van der Waals surface area contributed by atoms with Crippen LogP contribution in [0.3, 0.4) is 0 Å². The second-order valence-corrected chi connectivity index (χ2v) is 9.38. The van der Waals surface area contributed by atoms with Crippen LogP contribution in [0, 0.1) is 5.41 Å². The van der Waals surface area contributed by atoms with Gasteiger partial charge in [0.1, 0.15) is 11.9 Å². The number of amides is 1. The maximum absolute atomic E-state index is 12.2. The van der Waals surface area contributed by atoms with Crippen LogP contribution in [0.1, 0.15) is 57.8 Å². The van der Waals surface area contributed by atoms with Gasteiger partial charge in [-0.15, -0.1) is 0 Å². The Labute approximate surface area is 174 Å². The molecule has 0 radical (unpaired) electrons. The molecule has 1 amide bonds. The Hall–Kier alpha value is -1.30. The molecule has 1 saturated heterocycles. The average Bonchev–Trinajstić information content (AvgIpc) is 2.60. The fourth-order valence-electron chi connectivity index (χ4n) is 3.33. The molecule has 158 valence electrons. The first-order valence-electron chi connectivity index (χ1n) is 10.2. The van der Waals surface area contributed by atoms with Crippen LogP contribution in [0.25, 0.3) is 0 Å². The number of benzene rings is 1. The van der Waals surface area contributed by atoms with Crippen molar-refractivity contribution in [1.29, 1.82) is 0 Å². The highest BCUT2D eigenvalue weighted by Gasteiger charge is 2.24. The van der Waals surface area contributed by atoms with Gasteiger partial charge in [0.05, 0.1) is 17.7 Å². The van der Waals surface area contributed by atoms with Crippen molar-refractivity contribution in [3.63, 3.8) is 0 Å². The highest BCUT2D eigenvalue weighted by Crippen LogP contribution is 2.29. The molecule has 1 aromatic carbocycles. The van der Waals surface area contributed by atoms with Gasteiger partial charge >= 0.3 is 0 Å². The Morgan fingerprint density at radius 3 is 2.54 bits per heavy atom. The van der Waals surface area contributed by atoms with Gasteiger partial charge in [0.2, 0.25) is 0 Å². The second kappa shape index (κ2) is 10.5. The largest absolute Gasteiger partial charge is 0.489 e. The van der Waals surface area contributed by atoms with Crippen molar-refractivity contribution in [1.82, 2.24) is 10.2 Å². The molecule has 2 rings (SSSR count). The number of hydrogen-bond acceptors (Lipinski definition) is 4. The number of carbonyl (C=O) groups is 1. The smallest absolute Gasteiger partial charge is 0.251 e. The Kier molecular flexibility index (Phi) is 8.59. The molecule has 1 aliphatic rings. The Morgan fingerprint density at radius 1 is 1.29 bits per heavy atom. The topological polar surface area (TPSA) is 50.8 Å². The van der Waals surface area contributed by atoms with Gasteiger partial charge in [0, 0.05) is 31.7 Å². The number of hydrogen-bond donors (Lipinski definition) is 1. The van der Waals surface area contributed by atoms with Gasteiger partial charge in [-0.3, -0.25) is 4.79 Å². The van der Waals surface area contributed by atoms with Crippen molar-refractivity contribution in [2.45, 2.75) is 59.7 Å². The second-order valence-electron chi connectivity index (χ2n) is 8.97. The van der Waals surface area contributed by atoms with E-state index in [4.69, 9.17) is 21.1 Å². The fourth-order valence-corrected chi connectivity index (χ4v) is 3.56. The quantitative estimate of drug-likeness (QED) is 0.646. The fraction of sp³-hybridized carbons (Fsp3) is 0.682. The number of nitrogens with one attached hydrogen (secondary N) is 1. The average molecular weight is 411 g/mol. The Balaban J connectivity index is 1.82. The standard InChI is InChI=1S/C22H35ClN2O3/c1-16(2)27-13-10-24-21(26)17-6-7-20(19(23)14-17)28-18-8-11-25(12-9-18)15-22(3,4)5/h6-7,14,16,18H,8-13,15H2,1-5H3,(H,24,26). The number of halogens is 1. The van der Waals surface area contributed by atoms with Gasteiger partial charge in [0.25, 0.3) is 5.91 Å². The number of piperidine rings is 1. The first kappa shape index (κ1) is 23.0. The molecule has 5 nitrogen and oxygen atoms in total. The minimum atomic E-state index is -0.156. The number of likely N-dealkylation sites (tertiary alicyclic amines) is 1. The minimum Gasteiger partial charge on any atom is -0.489 e. The van der Waals surface area contributed by atoms with Gasteiger partial charge in [-0.25, -0.2) is 0 Å². The minimum absolute atomic E-state index is 0.156. The van der Waals surface area contributed by atoms with Gasteiger partial charge in [-0.05, 0) is 50.3 Å². The molecular weight excluding hydrogens is 376 g/mol. The molecule has 1 fully saturated rings. The lowest BCUT2D eigenvalue weighted by molar-refractivity contribution is 0.0746. The first-order valence-corrected chi connectivity index (χ1v) is 10.6. The van der Waals surface area contributed by atoms with Crippen LogP contribution in [0.2, 0.25) is 5.02 Å². The normalized spacial score (nSPS) is 16.4. The van der Waals surface area contributed by atoms with E-state index in [1.807, 2.05) is 13.8 Å². The summed E-state index contributed by atoms with van der Waals surface area (Å²) < 4.78 is 11.5. The molecule has 0 aromatic heterocycles. The van der Waals surface area contributed by atoms with Crippen LogP contribution in [0.15, 0.2) is 18.2 Å². The predicted molar refractivity (Wildman–Crippen MR) is 114 cm³/mol. The first-order chi connectivity index (χ1) is 13.1. The van der Waals surface area contributed by atoms with Gasteiger partial charge in [-0.1, -0.05) is 32.4 Å². The van der Waals surface area contributed by atoms with E-state index in [9.17, 15) is 4.79 Å². The summed E-state index contributed by atoms with van der Waals surface area (Å²) in [4.78, 5) is 14.7. The summed E-state index contributed by atoms with van der Waals surface area (Å²) in [5, 5.41) is 3.31. The predicted octanol–water partition coefficient (Wildman–Crippen LogP) is 4.38. The van der Waals surface area contributed by atoms with E-state index in [0.717, 1.165) is 32.5 Å². The number of nitrogens with zero attached hydrogens (tertiary/aromatic N) is 1. The van der Waals surface area contributed by atoms with Crippen molar-refractivity contribution in [2.24, 2.45) is 5.41 Å². The zero-order valence-corrected chi connectivity index (χ0v) is 18.6. The third-order valence-corrected chi connectivity index (χ3v) is 4.85. The SMILES string of the molecule is CC(C)OCCNC(=O)c1ccc(OC2CCN(CC(C)(C)C)CC2)c(Cl)c1. The van der Waals surface area contributed by atoms with Crippen molar-refractivity contribution in [3.05, 3.63) is 28.8 Å². The molecule has 0 atom stereocenters. The van der Waals surface area contributed by atoms with Crippen molar-refractivity contribution in [3.8, 4) is 5.75 Å². The molecule has 1 aromatic rings. The molecule has 6 heteroatoms. The highest BCUT2D eigenvalue weighted by molar-refractivity contribution is 6.32. The highest BCUT2D eigenvalue weighted by atomic mass is 35.5. The van der Waals surface area contributed by atoms with E-state index in [1.165, 1.54) is 0 Å². The zero-order chi connectivity index (χ0) is 20.7. The number of ether oxygens (including phenoxy) is 2. The summed E-state index contributed by atoms with van der Waals surface area (Å²) in [6, 6.07) is 5.22. The molecule has 0 saturated carbocycles. The Bertz CT molecular complexity index is 635. The molecule has 28 heavy (non-hydrogen) atoms. The third kappa shape index (κ3) is 7.98. The third-order valence-electron chi connectivity index (χ3n) is 4.56. The molecule has 1 N–H and O–H groups in total. The molecule has 0 spiro atoms. The van der Waals surface area contributed by atoms with Crippen LogP contribution < -0.4 is 10.1 Å². The summed E-state index contributed by atoms with van der Waals surface area (Å²) in [5.74, 6) is 0.493. The summed E-state index contributed by atoms with van der Waals surface area (Å²) in [7, 11) is 0. The van der Waals surface area contributed by atoms with E-state index in [0.29, 0.717) is 34.9 Å². The molecule has 0 bridgehead atoms. The maximum Gasteiger partial charge on any atom is 0.251 e. The lowest BCUT2D eigenvalue weighted by Crippen LogP contribution is -2.42. The zero-order valence-electron chi connectivity index (χ0n) is 17.9. The van der Waals surface area contributed by atoms with E-state index in [-0.39, 0.29) is 18.1 Å². The number of carbonyl (C=O) groups excluding carboxylic acids is 1. The summed E-state index contributed by atoms with van der Waals surface area (Å²) in [6.07, 6.45) is 2.30. The van der Waals surface area contributed by atoms with Crippen LogP contribution in [0.5, 0.6) is 5.75 Å². The van der Waals surface area contributed by atoms with E-state index in [1.54, 1.807) is 18.2 Å². The lowest BCUT2D eigenvalue weighted by atomic mass is 9.94. The van der Waals surface area contributed by atoms with Crippen LogP contribution in [-0.2, 0) is 4.74 Å².